The summed E-state index contributed by atoms with van der Waals surface area (Å²) < 4.78 is 2.29. The molecule has 2 rings (SSSR count). The van der Waals surface area contributed by atoms with Crippen molar-refractivity contribution >= 4 is 25.8 Å². The van der Waals surface area contributed by atoms with E-state index in [1.807, 2.05) is 11.3 Å². The third-order valence-corrected chi connectivity index (χ3v) is 4.70. The summed E-state index contributed by atoms with van der Waals surface area (Å²) in [5.74, 6) is 0. The summed E-state index contributed by atoms with van der Waals surface area (Å²) in [6.07, 6.45) is 0. The van der Waals surface area contributed by atoms with Crippen LogP contribution in [0.5, 0.6) is 0 Å². The molecule has 0 radical (unpaired) electrons. The van der Waals surface area contributed by atoms with Gasteiger partial charge in [0.25, 0.3) is 0 Å². The molecule has 0 saturated heterocycles. The molecule has 0 unspecified atom stereocenters. The van der Waals surface area contributed by atoms with E-state index in [9.17, 15) is 0 Å². The first-order valence-electron chi connectivity index (χ1n) is 3.36. The number of benzene rings is 1. The number of hydrogen-bond acceptors (Lipinski definition) is 0. The monoisotopic (exact) mass is 227 g/mol. The van der Waals surface area contributed by atoms with Crippen molar-refractivity contribution in [2.45, 2.75) is 0 Å². The standard InChI is InChI=1S/C9H7SSe/c1-2-4-8(5-3-1)9-6-11-7-10-9/h1-7H/q+1. The SMILES string of the molecule is c1ccc(-c2c[se]c[s+]2)cc1. The summed E-state index contributed by atoms with van der Waals surface area (Å²) in [5.41, 5.74) is 1.35. The molecule has 0 N–H and O–H groups in total. The summed E-state index contributed by atoms with van der Waals surface area (Å²) in [5, 5.41) is 0. The fourth-order valence-electron chi connectivity index (χ4n) is 0.935. The van der Waals surface area contributed by atoms with Crippen molar-refractivity contribution in [2.24, 2.45) is 0 Å². The molecule has 0 nitrogen and oxygen atoms in total. The van der Waals surface area contributed by atoms with E-state index < -0.39 is 0 Å². The van der Waals surface area contributed by atoms with Crippen LogP contribution in [-0.2, 0) is 0 Å². The second-order valence-electron chi connectivity index (χ2n) is 2.20. The fraction of sp³-hybridized carbons (Fsp3) is 0. The van der Waals surface area contributed by atoms with Gasteiger partial charge in [0.05, 0.1) is 0 Å². The summed E-state index contributed by atoms with van der Waals surface area (Å²) >= 11 is 2.48. The zero-order valence-corrected chi connectivity index (χ0v) is 8.39. The first-order valence-corrected chi connectivity index (χ1v) is 6.22. The van der Waals surface area contributed by atoms with Crippen molar-refractivity contribution in [2.75, 3.05) is 0 Å². The Bertz CT molecular complexity index is 313. The molecule has 0 aliphatic carbocycles. The molecule has 0 atom stereocenters. The van der Waals surface area contributed by atoms with E-state index in [1.165, 1.54) is 10.4 Å². The summed E-state index contributed by atoms with van der Waals surface area (Å²) in [7, 11) is 0. The molecule has 2 heteroatoms. The molecule has 11 heavy (non-hydrogen) atoms. The summed E-state index contributed by atoms with van der Waals surface area (Å²) in [6.45, 7) is 0. The van der Waals surface area contributed by atoms with Crippen LogP contribution < -0.4 is 0 Å². The van der Waals surface area contributed by atoms with E-state index >= 15 is 0 Å². The van der Waals surface area contributed by atoms with Gasteiger partial charge in [0.1, 0.15) is 0 Å². The Balaban J connectivity index is 2.46. The maximum atomic E-state index is 2.33. The minimum atomic E-state index is 0.621. The van der Waals surface area contributed by atoms with Crippen molar-refractivity contribution in [1.82, 2.24) is 0 Å². The second-order valence-corrected chi connectivity index (χ2v) is 5.34. The molecule has 1 aromatic carbocycles. The van der Waals surface area contributed by atoms with Crippen LogP contribution in [0.4, 0.5) is 0 Å². The van der Waals surface area contributed by atoms with Gasteiger partial charge in [0, 0.05) is 0 Å². The normalized spacial score (nSPS) is 9.82. The molecule has 2 aromatic rings. The summed E-state index contributed by atoms with van der Waals surface area (Å²) in [4.78, 5) is 3.75. The molecule has 0 saturated carbocycles. The van der Waals surface area contributed by atoms with E-state index in [2.05, 4.69) is 39.5 Å². The Labute approximate surface area is 75.9 Å². The van der Waals surface area contributed by atoms with Gasteiger partial charge in [-0.15, -0.1) is 0 Å². The average molecular weight is 226 g/mol. The van der Waals surface area contributed by atoms with Crippen molar-refractivity contribution in [3.63, 3.8) is 0 Å². The van der Waals surface area contributed by atoms with E-state index in [-0.39, 0.29) is 0 Å². The van der Waals surface area contributed by atoms with Gasteiger partial charge in [-0.1, -0.05) is 0 Å². The van der Waals surface area contributed by atoms with Gasteiger partial charge >= 0.3 is 75.8 Å². The van der Waals surface area contributed by atoms with Crippen molar-refractivity contribution < 1.29 is 0 Å². The van der Waals surface area contributed by atoms with Gasteiger partial charge in [0.2, 0.25) is 0 Å². The van der Waals surface area contributed by atoms with Gasteiger partial charge in [-0.3, -0.25) is 0 Å². The molecule has 0 aliphatic heterocycles. The maximum absolute atomic E-state index is 2.33. The third-order valence-electron chi connectivity index (χ3n) is 1.46. The van der Waals surface area contributed by atoms with Crippen LogP contribution in [0.15, 0.2) is 39.5 Å². The topological polar surface area (TPSA) is 0 Å². The number of hydrogen-bond donors (Lipinski definition) is 0. The predicted molar refractivity (Wildman–Crippen MR) is 51.1 cm³/mol. The first kappa shape index (κ1) is 7.23. The van der Waals surface area contributed by atoms with E-state index in [0.717, 1.165) is 0 Å². The Hall–Kier alpha value is -0.431. The first-order chi connectivity index (χ1) is 5.47. The molecule has 0 spiro atoms. The minimum absolute atomic E-state index is 0.621. The van der Waals surface area contributed by atoms with Crippen LogP contribution in [0.25, 0.3) is 10.4 Å². The van der Waals surface area contributed by atoms with Crippen LogP contribution in [0.3, 0.4) is 0 Å². The Kier molecular flexibility index (Phi) is 2.18. The van der Waals surface area contributed by atoms with E-state index in [4.69, 9.17) is 0 Å². The molecular weight excluding hydrogens is 219 g/mol. The molecule has 1 aromatic heterocycles. The predicted octanol–water partition coefficient (Wildman–Crippen LogP) is 2.75. The van der Waals surface area contributed by atoms with Gasteiger partial charge in [-0.25, -0.2) is 0 Å². The van der Waals surface area contributed by atoms with Crippen LogP contribution in [0.2, 0.25) is 0 Å². The Morgan fingerprint density at radius 1 is 1.09 bits per heavy atom. The third kappa shape index (κ3) is 1.59. The number of rotatable bonds is 1. The van der Waals surface area contributed by atoms with E-state index in [1.54, 1.807) is 0 Å². The molecule has 0 aliphatic rings. The molecule has 0 fully saturated rings. The van der Waals surface area contributed by atoms with Gasteiger partial charge in [-0.2, -0.15) is 0 Å². The fourth-order valence-corrected chi connectivity index (χ4v) is 4.01. The van der Waals surface area contributed by atoms with Crippen LogP contribution in [-0.4, -0.2) is 14.5 Å². The Morgan fingerprint density at radius 2 is 1.91 bits per heavy atom. The zero-order chi connectivity index (χ0) is 7.52. The average Bonchev–Trinajstić information content (AvgIpc) is 2.58. The van der Waals surface area contributed by atoms with Crippen molar-refractivity contribution in [3.05, 3.63) is 39.5 Å². The van der Waals surface area contributed by atoms with Gasteiger partial charge in [-0.05, 0) is 0 Å². The van der Waals surface area contributed by atoms with Crippen LogP contribution >= 0.6 is 11.3 Å². The zero-order valence-electron chi connectivity index (χ0n) is 5.86. The van der Waals surface area contributed by atoms with E-state index in [0.29, 0.717) is 14.5 Å². The molecule has 1 heterocycles. The summed E-state index contributed by atoms with van der Waals surface area (Å²) in [6, 6.07) is 10.5. The molecule has 54 valence electrons. The Morgan fingerprint density at radius 3 is 2.55 bits per heavy atom. The van der Waals surface area contributed by atoms with Crippen molar-refractivity contribution in [1.29, 1.82) is 0 Å². The molecule has 0 bridgehead atoms. The molecule has 0 amide bonds. The van der Waals surface area contributed by atoms with Gasteiger partial charge in [0.15, 0.2) is 0 Å². The van der Waals surface area contributed by atoms with Gasteiger partial charge < -0.3 is 0 Å². The second kappa shape index (κ2) is 3.31. The molecular formula is C9H7SSe+. The quantitative estimate of drug-likeness (QED) is 0.518. The van der Waals surface area contributed by atoms with Crippen molar-refractivity contribution in [3.8, 4) is 10.4 Å². The van der Waals surface area contributed by atoms with Crippen LogP contribution in [0, 0.1) is 0 Å². The van der Waals surface area contributed by atoms with Crippen LogP contribution in [0.1, 0.15) is 0 Å².